The lowest BCUT2D eigenvalue weighted by atomic mass is 10.1. The van der Waals surface area contributed by atoms with Gasteiger partial charge in [0.1, 0.15) is 0 Å². The van der Waals surface area contributed by atoms with Crippen molar-refractivity contribution < 1.29 is 13.2 Å². The topological polar surface area (TPSA) is 75.3 Å². The summed E-state index contributed by atoms with van der Waals surface area (Å²) in [5, 5.41) is 2.51. The zero-order valence-corrected chi connectivity index (χ0v) is 14.4. The van der Waals surface area contributed by atoms with E-state index in [0.29, 0.717) is 11.3 Å². The van der Waals surface area contributed by atoms with Crippen LogP contribution in [0.1, 0.15) is 27.0 Å². The predicted molar refractivity (Wildman–Crippen MR) is 91.3 cm³/mol. The second-order valence-corrected chi connectivity index (χ2v) is 7.09. The van der Waals surface area contributed by atoms with Crippen molar-refractivity contribution in [2.75, 3.05) is 11.8 Å². The third-order valence-electron chi connectivity index (χ3n) is 3.84. The summed E-state index contributed by atoms with van der Waals surface area (Å²) in [5.41, 5.74) is 3.47. The maximum Gasteiger partial charge on any atom is 0.261 e. The highest BCUT2D eigenvalue weighted by atomic mass is 32.2. The van der Waals surface area contributed by atoms with Gasteiger partial charge < -0.3 is 5.32 Å². The number of anilines is 1. The number of nitrogens with one attached hydrogen (secondary N) is 2. The van der Waals surface area contributed by atoms with E-state index < -0.39 is 10.0 Å². The van der Waals surface area contributed by atoms with E-state index in [1.807, 2.05) is 19.9 Å². The number of hydrogen-bond donors (Lipinski definition) is 2. The number of amides is 1. The maximum atomic E-state index is 12.6. The molecule has 0 radical (unpaired) electrons. The molecule has 0 atom stereocenters. The van der Waals surface area contributed by atoms with Crippen LogP contribution in [0.4, 0.5) is 5.69 Å². The minimum Gasteiger partial charge on any atom is -0.355 e. The lowest BCUT2D eigenvalue weighted by molar-refractivity contribution is 0.0962. The fourth-order valence-corrected chi connectivity index (χ4v) is 3.36. The second kappa shape index (κ2) is 6.42. The summed E-state index contributed by atoms with van der Waals surface area (Å²) in [4.78, 5) is 11.9. The van der Waals surface area contributed by atoms with Gasteiger partial charge in [-0.2, -0.15) is 0 Å². The molecule has 0 saturated carbocycles. The summed E-state index contributed by atoms with van der Waals surface area (Å²) >= 11 is 0. The Morgan fingerprint density at radius 1 is 1.00 bits per heavy atom. The van der Waals surface area contributed by atoms with Gasteiger partial charge in [-0.1, -0.05) is 18.2 Å². The van der Waals surface area contributed by atoms with Gasteiger partial charge in [0.15, 0.2) is 0 Å². The molecular weight excluding hydrogens is 312 g/mol. The number of aryl methyl sites for hydroxylation is 2. The second-order valence-electron chi connectivity index (χ2n) is 5.41. The molecule has 0 fully saturated rings. The maximum absolute atomic E-state index is 12.6. The molecule has 1 amide bonds. The molecule has 2 aromatic rings. The molecule has 6 heteroatoms. The Morgan fingerprint density at radius 3 is 2.35 bits per heavy atom. The Morgan fingerprint density at radius 2 is 1.70 bits per heavy atom. The molecule has 0 aromatic heterocycles. The SMILES string of the molecule is CNC(=O)c1cc(S(=O)(=O)Nc2cccc(C)c2C)ccc1C. The van der Waals surface area contributed by atoms with Gasteiger partial charge in [-0.25, -0.2) is 8.42 Å². The molecule has 0 spiro atoms. The molecule has 0 aliphatic rings. The van der Waals surface area contributed by atoms with Crippen LogP contribution in [0.25, 0.3) is 0 Å². The summed E-state index contributed by atoms with van der Waals surface area (Å²) < 4.78 is 27.8. The zero-order valence-electron chi connectivity index (χ0n) is 13.6. The molecule has 122 valence electrons. The van der Waals surface area contributed by atoms with Gasteiger partial charge in [0.2, 0.25) is 0 Å². The van der Waals surface area contributed by atoms with Gasteiger partial charge in [-0.15, -0.1) is 0 Å². The summed E-state index contributed by atoms with van der Waals surface area (Å²) in [5.74, 6) is -0.314. The van der Waals surface area contributed by atoms with Crippen LogP contribution in [0.2, 0.25) is 0 Å². The molecule has 2 rings (SSSR count). The number of carbonyl (C=O) groups is 1. The summed E-state index contributed by atoms with van der Waals surface area (Å²) in [6, 6.07) is 9.95. The van der Waals surface area contributed by atoms with E-state index in [1.54, 1.807) is 25.1 Å². The molecule has 0 saturated heterocycles. The fourth-order valence-electron chi connectivity index (χ4n) is 2.21. The van der Waals surface area contributed by atoms with E-state index in [-0.39, 0.29) is 10.8 Å². The first-order chi connectivity index (χ1) is 10.8. The average Bonchev–Trinajstić information content (AvgIpc) is 2.51. The predicted octanol–water partition coefficient (Wildman–Crippen LogP) is 2.77. The first kappa shape index (κ1) is 17.0. The molecule has 0 heterocycles. The largest absolute Gasteiger partial charge is 0.355 e. The minimum absolute atomic E-state index is 0.0580. The van der Waals surface area contributed by atoms with E-state index in [9.17, 15) is 13.2 Å². The first-order valence-corrected chi connectivity index (χ1v) is 8.66. The van der Waals surface area contributed by atoms with Crippen LogP contribution in [-0.4, -0.2) is 21.4 Å². The van der Waals surface area contributed by atoms with Crippen molar-refractivity contribution in [1.29, 1.82) is 0 Å². The molecule has 23 heavy (non-hydrogen) atoms. The number of sulfonamides is 1. The monoisotopic (exact) mass is 332 g/mol. The van der Waals surface area contributed by atoms with Gasteiger partial charge >= 0.3 is 0 Å². The third kappa shape index (κ3) is 3.53. The number of benzene rings is 2. The Labute approximate surface area is 136 Å². The summed E-state index contributed by atoms with van der Waals surface area (Å²) in [6.07, 6.45) is 0. The lowest BCUT2D eigenvalue weighted by Crippen LogP contribution is -2.20. The van der Waals surface area contributed by atoms with E-state index in [4.69, 9.17) is 0 Å². The van der Waals surface area contributed by atoms with Crippen LogP contribution >= 0.6 is 0 Å². The molecule has 0 bridgehead atoms. The summed E-state index contributed by atoms with van der Waals surface area (Å²) in [6.45, 7) is 5.54. The molecular formula is C17H20N2O3S. The van der Waals surface area contributed by atoms with E-state index >= 15 is 0 Å². The standard InChI is InChI=1S/C17H20N2O3S/c1-11-6-5-7-16(13(11)3)19-23(21,22)14-9-8-12(2)15(10-14)17(20)18-4/h5-10,19H,1-4H3,(H,18,20). The average molecular weight is 332 g/mol. The van der Waals surface area contributed by atoms with Crippen LogP contribution in [0, 0.1) is 20.8 Å². The van der Waals surface area contributed by atoms with Crippen LogP contribution in [0.15, 0.2) is 41.3 Å². The van der Waals surface area contributed by atoms with Gasteiger partial charge in [-0.05, 0) is 55.7 Å². The Kier molecular flexibility index (Phi) is 4.75. The van der Waals surface area contributed by atoms with Gasteiger partial charge in [0, 0.05) is 12.6 Å². The van der Waals surface area contributed by atoms with Crippen molar-refractivity contribution in [3.8, 4) is 0 Å². The highest BCUT2D eigenvalue weighted by molar-refractivity contribution is 7.92. The molecule has 0 aliphatic carbocycles. The smallest absolute Gasteiger partial charge is 0.261 e. The van der Waals surface area contributed by atoms with Gasteiger partial charge in [0.25, 0.3) is 15.9 Å². The molecule has 2 N–H and O–H groups in total. The van der Waals surface area contributed by atoms with Gasteiger partial charge in [0.05, 0.1) is 10.6 Å². The van der Waals surface area contributed by atoms with Crippen molar-refractivity contribution >= 4 is 21.6 Å². The molecule has 2 aromatic carbocycles. The first-order valence-electron chi connectivity index (χ1n) is 7.18. The van der Waals surface area contributed by atoms with E-state index in [2.05, 4.69) is 10.0 Å². The Bertz CT molecular complexity index is 858. The summed E-state index contributed by atoms with van der Waals surface area (Å²) in [7, 11) is -2.25. The van der Waals surface area contributed by atoms with Crippen molar-refractivity contribution in [2.24, 2.45) is 0 Å². The van der Waals surface area contributed by atoms with Crippen molar-refractivity contribution in [2.45, 2.75) is 25.7 Å². The molecule has 0 aliphatic heterocycles. The molecule has 5 nitrogen and oxygen atoms in total. The third-order valence-corrected chi connectivity index (χ3v) is 5.20. The van der Waals surface area contributed by atoms with Crippen LogP contribution in [0.3, 0.4) is 0 Å². The van der Waals surface area contributed by atoms with Crippen LogP contribution in [-0.2, 0) is 10.0 Å². The van der Waals surface area contributed by atoms with Crippen LogP contribution in [0.5, 0.6) is 0 Å². The number of hydrogen-bond acceptors (Lipinski definition) is 3. The minimum atomic E-state index is -3.76. The molecule has 0 unspecified atom stereocenters. The van der Waals surface area contributed by atoms with Crippen molar-refractivity contribution in [3.05, 3.63) is 58.7 Å². The number of carbonyl (C=O) groups excluding carboxylic acids is 1. The van der Waals surface area contributed by atoms with Crippen molar-refractivity contribution in [3.63, 3.8) is 0 Å². The highest BCUT2D eigenvalue weighted by Gasteiger charge is 2.18. The fraction of sp³-hybridized carbons (Fsp3) is 0.235. The van der Waals surface area contributed by atoms with Crippen molar-refractivity contribution in [1.82, 2.24) is 5.32 Å². The normalized spacial score (nSPS) is 11.1. The quantitative estimate of drug-likeness (QED) is 0.904. The zero-order chi connectivity index (χ0) is 17.2. The number of rotatable bonds is 4. The Balaban J connectivity index is 2.44. The Hall–Kier alpha value is -2.34. The van der Waals surface area contributed by atoms with Gasteiger partial charge in [-0.3, -0.25) is 9.52 Å². The highest BCUT2D eigenvalue weighted by Crippen LogP contribution is 2.23. The van der Waals surface area contributed by atoms with E-state index in [1.165, 1.54) is 19.2 Å². The van der Waals surface area contributed by atoms with Crippen LogP contribution < -0.4 is 10.0 Å². The van der Waals surface area contributed by atoms with E-state index in [0.717, 1.165) is 16.7 Å². The lowest BCUT2D eigenvalue weighted by Gasteiger charge is -2.13.